The highest BCUT2D eigenvalue weighted by Gasteiger charge is 2.28. The second-order valence-corrected chi connectivity index (χ2v) is 6.37. The SMILES string of the molecule is CN(C[C@@H]1CCCCN1CC(=O)O)C(=O)OC(C)(C)C. The number of piperidine rings is 1. The van der Waals surface area contributed by atoms with Crippen molar-refractivity contribution in [1.29, 1.82) is 0 Å². The summed E-state index contributed by atoms with van der Waals surface area (Å²) in [6.07, 6.45) is 2.64. The highest BCUT2D eigenvalue weighted by atomic mass is 16.6. The summed E-state index contributed by atoms with van der Waals surface area (Å²) in [5, 5.41) is 8.93. The normalized spacial score (nSPS) is 20.5. The van der Waals surface area contributed by atoms with E-state index in [0.717, 1.165) is 25.8 Å². The number of carbonyl (C=O) groups excluding carboxylic acids is 1. The number of carbonyl (C=O) groups is 2. The topological polar surface area (TPSA) is 70.1 Å². The lowest BCUT2D eigenvalue weighted by Crippen LogP contribution is -2.49. The van der Waals surface area contributed by atoms with Gasteiger partial charge in [-0.05, 0) is 40.2 Å². The number of hydrogen-bond acceptors (Lipinski definition) is 4. The number of aliphatic carboxylic acids is 1. The Morgan fingerprint density at radius 1 is 1.35 bits per heavy atom. The number of carboxylic acids is 1. The molecule has 6 nitrogen and oxygen atoms in total. The summed E-state index contributed by atoms with van der Waals surface area (Å²) in [6, 6.07) is 0.0948. The molecule has 0 aromatic carbocycles. The van der Waals surface area contributed by atoms with Gasteiger partial charge in [0.25, 0.3) is 0 Å². The van der Waals surface area contributed by atoms with Crippen molar-refractivity contribution in [3.8, 4) is 0 Å². The number of nitrogens with zero attached hydrogens (tertiary/aromatic N) is 2. The molecule has 1 rings (SSSR count). The molecule has 0 saturated carbocycles. The summed E-state index contributed by atoms with van der Waals surface area (Å²) < 4.78 is 5.31. The van der Waals surface area contributed by atoms with Crippen LogP contribution in [0.3, 0.4) is 0 Å². The first kappa shape index (κ1) is 16.8. The molecule has 0 aromatic heterocycles. The van der Waals surface area contributed by atoms with E-state index in [2.05, 4.69) is 0 Å². The summed E-state index contributed by atoms with van der Waals surface area (Å²) in [4.78, 5) is 26.3. The standard InChI is InChI=1S/C14H26N2O4/c1-14(2,3)20-13(19)15(4)9-11-7-5-6-8-16(11)10-12(17)18/h11H,5-10H2,1-4H3,(H,17,18)/t11-/m0/s1. The second-order valence-electron chi connectivity index (χ2n) is 6.37. The fraction of sp³-hybridized carbons (Fsp3) is 0.857. The first-order valence-corrected chi connectivity index (χ1v) is 7.09. The van der Waals surface area contributed by atoms with E-state index >= 15 is 0 Å². The molecule has 0 aliphatic carbocycles. The zero-order valence-corrected chi connectivity index (χ0v) is 12.9. The average Bonchev–Trinajstić information content (AvgIpc) is 2.28. The van der Waals surface area contributed by atoms with Gasteiger partial charge in [0.05, 0.1) is 6.54 Å². The summed E-state index contributed by atoms with van der Waals surface area (Å²) in [5.41, 5.74) is -0.515. The molecule has 0 unspecified atom stereocenters. The van der Waals surface area contributed by atoms with Gasteiger partial charge in [0, 0.05) is 19.6 Å². The largest absolute Gasteiger partial charge is 0.480 e. The zero-order chi connectivity index (χ0) is 15.3. The number of ether oxygens (including phenoxy) is 1. The number of likely N-dealkylation sites (tertiary alicyclic amines) is 1. The Labute approximate surface area is 120 Å². The minimum absolute atomic E-state index is 0.0345. The van der Waals surface area contributed by atoms with Crippen LogP contribution in [-0.4, -0.2) is 65.3 Å². The first-order chi connectivity index (χ1) is 9.19. The van der Waals surface area contributed by atoms with Crippen molar-refractivity contribution in [2.75, 3.05) is 26.7 Å². The average molecular weight is 286 g/mol. The lowest BCUT2D eigenvalue weighted by Gasteiger charge is -2.37. The summed E-state index contributed by atoms with van der Waals surface area (Å²) >= 11 is 0. The molecular weight excluding hydrogens is 260 g/mol. The molecule has 0 spiro atoms. The minimum Gasteiger partial charge on any atom is -0.480 e. The van der Waals surface area contributed by atoms with E-state index in [9.17, 15) is 9.59 Å². The Kier molecular flexibility index (Phi) is 5.80. The van der Waals surface area contributed by atoms with Crippen molar-refractivity contribution >= 4 is 12.1 Å². The molecular formula is C14H26N2O4. The highest BCUT2D eigenvalue weighted by Crippen LogP contribution is 2.18. The number of amides is 1. The minimum atomic E-state index is -0.822. The monoisotopic (exact) mass is 286 g/mol. The maximum atomic E-state index is 11.9. The summed E-state index contributed by atoms with van der Waals surface area (Å²) in [6.45, 7) is 6.80. The van der Waals surface area contributed by atoms with E-state index in [1.165, 1.54) is 4.90 Å². The Morgan fingerprint density at radius 2 is 2.00 bits per heavy atom. The maximum Gasteiger partial charge on any atom is 0.410 e. The van der Waals surface area contributed by atoms with Crippen LogP contribution in [0.25, 0.3) is 0 Å². The fourth-order valence-corrected chi connectivity index (χ4v) is 2.38. The van der Waals surface area contributed by atoms with Crippen LogP contribution >= 0.6 is 0 Å². The van der Waals surface area contributed by atoms with E-state index in [1.807, 2.05) is 25.7 Å². The van der Waals surface area contributed by atoms with Crippen LogP contribution in [0.15, 0.2) is 0 Å². The van der Waals surface area contributed by atoms with E-state index < -0.39 is 11.6 Å². The van der Waals surface area contributed by atoms with E-state index in [4.69, 9.17) is 9.84 Å². The van der Waals surface area contributed by atoms with Crippen LogP contribution in [0, 0.1) is 0 Å². The third-order valence-corrected chi connectivity index (χ3v) is 3.28. The van der Waals surface area contributed by atoms with Gasteiger partial charge < -0.3 is 14.7 Å². The predicted molar refractivity (Wildman–Crippen MR) is 75.7 cm³/mol. The van der Waals surface area contributed by atoms with Gasteiger partial charge in [-0.15, -0.1) is 0 Å². The molecule has 1 amide bonds. The first-order valence-electron chi connectivity index (χ1n) is 7.09. The van der Waals surface area contributed by atoms with Crippen molar-refractivity contribution in [3.05, 3.63) is 0 Å². The molecule has 116 valence electrons. The summed E-state index contributed by atoms with van der Waals surface area (Å²) in [5.74, 6) is -0.822. The number of likely N-dealkylation sites (N-methyl/N-ethyl adjacent to an activating group) is 1. The van der Waals surface area contributed by atoms with Gasteiger partial charge >= 0.3 is 12.1 Å². The van der Waals surface area contributed by atoms with Crippen LogP contribution in [0.5, 0.6) is 0 Å². The third kappa shape index (κ3) is 5.77. The van der Waals surface area contributed by atoms with Crippen LogP contribution in [-0.2, 0) is 9.53 Å². The van der Waals surface area contributed by atoms with Gasteiger partial charge in [0.1, 0.15) is 5.60 Å². The molecule has 0 aromatic rings. The van der Waals surface area contributed by atoms with E-state index in [1.54, 1.807) is 7.05 Å². The van der Waals surface area contributed by atoms with Crippen LogP contribution < -0.4 is 0 Å². The molecule has 1 N–H and O–H groups in total. The van der Waals surface area contributed by atoms with E-state index in [-0.39, 0.29) is 18.7 Å². The molecule has 1 aliphatic rings. The quantitative estimate of drug-likeness (QED) is 0.853. The van der Waals surface area contributed by atoms with Crippen molar-refractivity contribution in [3.63, 3.8) is 0 Å². The predicted octanol–water partition coefficient (Wildman–Crippen LogP) is 1.79. The maximum absolute atomic E-state index is 11.9. The molecule has 20 heavy (non-hydrogen) atoms. The molecule has 6 heteroatoms. The Morgan fingerprint density at radius 3 is 2.55 bits per heavy atom. The zero-order valence-electron chi connectivity index (χ0n) is 12.9. The van der Waals surface area contributed by atoms with Gasteiger partial charge in [0.15, 0.2) is 0 Å². The van der Waals surface area contributed by atoms with E-state index in [0.29, 0.717) is 6.54 Å². The number of hydrogen-bond donors (Lipinski definition) is 1. The van der Waals surface area contributed by atoms with Gasteiger partial charge in [0.2, 0.25) is 0 Å². The smallest absolute Gasteiger partial charge is 0.410 e. The van der Waals surface area contributed by atoms with Gasteiger partial charge in [-0.1, -0.05) is 6.42 Å². The molecule has 1 heterocycles. The van der Waals surface area contributed by atoms with Crippen molar-refractivity contribution in [2.24, 2.45) is 0 Å². The lowest BCUT2D eigenvalue weighted by atomic mass is 10.0. The van der Waals surface area contributed by atoms with Gasteiger partial charge in [-0.2, -0.15) is 0 Å². The van der Waals surface area contributed by atoms with Crippen LogP contribution in [0.4, 0.5) is 4.79 Å². The fourth-order valence-electron chi connectivity index (χ4n) is 2.38. The summed E-state index contributed by atoms with van der Waals surface area (Å²) in [7, 11) is 1.70. The van der Waals surface area contributed by atoms with Crippen molar-refractivity contribution < 1.29 is 19.4 Å². The Hall–Kier alpha value is -1.30. The third-order valence-electron chi connectivity index (χ3n) is 3.28. The van der Waals surface area contributed by atoms with Crippen molar-refractivity contribution in [2.45, 2.75) is 51.7 Å². The van der Waals surface area contributed by atoms with Crippen LogP contribution in [0.2, 0.25) is 0 Å². The number of carboxylic acid groups (broad SMARTS) is 1. The van der Waals surface area contributed by atoms with Gasteiger partial charge in [-0.3, -0.25) is 9.69 Å². The molecule has 0 bridgehead atoms. The van der Waals surface area contributed by atoms with Gasteiger partial charge in [-0.25, -0.2) is 4.79 Å². The molecule has 1 aliphatic heterocycles. The molecule has 1 fully saturated rings. The highest BCUT2D eigenvalue weighted by molar-refractivity contribution is 5.69. The van der Waals surface area contributed by atoms with Crippen LogP contribution in [0.1, 0.15) is 40.0 Å². The molecule has 1 atom stereocenters. The Bertz CT molecular complexity index is 352. The number of rotatable bonds is 4. The molecule has 1 saturated heterocycles. The lowest BCUT2D eigenvalue weighted by molar-refractivity contribution is -0.139. The molecule has 0 radical (unpaired) electrons. The second kappa shape index (κ2) is 6.92. The Balaban J connectivity index is 2.55. The van der Waals surface area contributed by atoms with Crippen molar-refractivity contribution in [1.82, 2.24) is 9.80 Å².